The lowest BCUT2D eigenvalue weighted by molar-refractivity contribution is -0.165. The summed E-state index contributed by atoms with van der Waals surface area (Å²) in [6, 6.07) is 6.81. The maximum Gasteiger partial charge on any atom is 0.330 e. The molecule has 32 heavy (non-hydrogen) atoms. The molecule has 1 atom stereocenters. The molecule has 1 fully saturated rings. The average Bonchev–Trinajstić information content (AvgIpc) is 3.28. The van der Waals surface area contributed by atoms with Gasteiger partial charge < -0.3 is 25.8 Å². The standard InChI is InChI=1S/C21H25N5O5S/c22-17(23)14-3-5-15(6-4-14)31-10-2-1-7-21(20(29)30,11-16-12-24-13-32-16)26-9-8-25-18(27)19(26)28/h3-6,12-13H,1-2,7-11H2,(H3,22,23)(H,25,27)(H,29,30). The van der Waals surface area contributed by atoms with Gasteiger partial charge in [0.05, 0.1) is 12.1 Å². The predicted octanol–water partition coefficient (Wildman–Crippen LogP) is 1.00. The second kappa shape index (κ2) is 10.2. The molecule has 1 aromatic heterocycles. The van der Waals surface area contributed by atoms with Gasteiger partial charge in [-0.3, -0.25) is 20.0 Å². The summed E-state index contributed by atoms with van der Waals surface area (Å²) in [4.78, 5) is 42.9. The van der Waals surface area contributed by atoms with Crippen LogP contribution in [0.4, 0.5) is 0 Å². The largest absolute Gasteiger partial charge is 0.494 e. The number of nitrogens with one attached hydrogen (secondary N) is 2. The molecule has 2 amide bonds. The van der Waals surface area contributed by atoms with Gasteiger partial charge in [0.25, 0.3) is 0 Å². The number of benzene rings is 1. The number of aromatic nitrogens is 1. The van der Waals surface area contributed by atoms with Crippen molar-refractivity contribution in [2.24, 2.45) is 5.73 Å². The number of carboxylic acids is 1. The van der Waals surface area contributed by atoms with Crippen LogP contribution in [0.25, 0.3) is 0 Å². The third-order valence-corrected chi connectivity index (χ3v) is 6.12. The quantitative estimate of drug-likeness (QED) is 0.169. The smallest absolute Gasteiger partial charge is 0.330 e. The van der Waals surface area contributed by atoms with Crippen LogP contribution in [-0.4, -0.2) is 63.8 Å². The molecule has 11 heteroatoms. The number of nitrogen functional groups attached to an aromatic ring is 1. The van der Waals surface area contributed by atoms with E-state index >= 15 is 0 Å². The lowest BCUT2D eigenvalue weighted by Crippen LogP contribution is -2.65. The summed E-state index contributed by atoms with van der Waals surface area (Å²) in [5, 5.41) is 20.1. The molecule has 0 bridgehead atoms. The summed E-state index contributed by atoms with van der Waals surface area (Å²) >= 11 is 1.32. The van der Waals surface area contributed by atoms with Crippen molar-refractivity contribution in [2.45, 2.75) is 31.2 Å². The van der Waals surface area contributed by atoms with E-state index in [1.165, 1.54) is 16.2 Å². The number of piperazine rings is 1. The van der Waals surface area contributed by atoms with Crippen LogP contribution < -0.4 is 15.8 Å². The zero-order valence-corrected chi connectivity index (χ0v) is 18.2. The van der Waals surface area contributed by atoms with Gasteiger partial charge in [0.2, 0.25) is 0 Å². The molecule has 1 aliphatic rings. The van der Waals surface area contributed by atoms with E-state index in [2.05, 4.69) is 10.3 Å². The fourth-order valence-corrected chi connectivity index (χ4v) is 4.36. The molecule has 5 N–H and O–H groups in total. The zero-order valence-electron chi connectivity index (χ0n) is 17.4. The van der Waals surface area contributed by atoms with Crippen molar-refractivity contribution in [1.29, 1.82) is 5.41 Å². The molecule has 3 rings (SSSR count). The van der Waals surface area contributed by atoms with Crippen molar-refractivity contribution < 1.29 is 24.2 Å². The molecule has 1 unspecified atom stereocenters. The summed E-state index contributed by atoms with van der Waals surface area (Å²) in [7, 11) is 0. The lowest BCUT2D eigenvalue weighted by atomic mass is 9.85. The molecule has 0 spiro atoms. The molecule has 2 heterocycles. The minimum atomic E-state index is -1.54. The zero-order chi connectivity index (χ0) is 23.1. The van der Waals surface area contributed by atoms with Gasteiger partial charge in [-0.25, -0.2) is 4.79 Å². The highest BCUT2D eigenvalue weighted by Gasteiger charge is 2.49. The van der Waals surface area contributed by atoms with Crippen LogP contribution in [0.15, 0.2) is 36.0 Å². The van der Waals surface area contributed by atoms with E-state index in [1.807, 2.05) is 0 Å². The first-order chi connectivity index (χ1) is 15.3. The van der Waals surface area contributed by atoms with Gasteiger partial charge in [-0.05, 0) is 43.5 Å². The number of ether oxygens (including phenoxy) is 1. The van der Waals surface area contributed by atoms with Crippen LogP contribution in [0.3, 0.4) is 0 Å². The van der Waals surface area contributed by atoms with Gasteiger partial charge in [-0.15, -0.1) is 11.3 Å². The number of aliphatic carboxylic acids is 1. The number of carboxylic acid groups (broad SMARTS) is 1. The van der Waals surface area contributed by atoms with E-state index in [1.54, 1.807) is 36.0 Å². The highest BCUT2D eigenvalue weighted by Crippen LogP contribution is 2.30. The first kappa shape index (κ1) is 23.2. The van der Waals surface area contributed by atoms with E-state index in [0.29, 0.717) is 30.8 Å². The Morgan fingerprint density at radius 1 is 1.31 bits per heavy atom. The number of carbonyl (C=O) groups excluding carboxylic acids is 2. The van der Waals surface area contributed by atoms with Gasteiger partial charge in [0.1, 0.15) is 17.1 Å². The number of nitrogens with two attached hydrogens (primary N) is 1. The Bertz CT molecular complexity index is 979. The Hall–Kier alpha value is -3.47. The average molecular weight is 460 g/mol. The summed E-state index contributed by atoms with van der Waals surface area (Å²) in [6.07, 6.45) is 2.87. The van der Waals surface area contributed by atoms with E-state index in [4.69, 9.17) is 15.9 Å². The third kappa shape index (κ3) is 5.22. The van der Waals surface area contributed by atoms with E-state index in [9.17, 15) is 19.5 Å². The van der Waals surface area contributed by atoms with Crippen LogP contribution in [0.5, 0.6) is 5.75 Å². The molecular formula is C21H25N5O5S. The Morgan fingerprint density at radius 3 is 2.69 bits per heavy atom. The van der Waals surface area contributed by atoms with Crippen molar-refractivity contribution >= 4 is 35.0 Å². The monoisotopic (exact) mass is 459 g/mol. The highest BCUT2D eigenvalue weighted by molar-refractivity contribution is 7.09. The fraction of sp³-hybridized carbons (Fsp3) is 0.381. The topological polar surface area (TPSA) is 159 Å². The van der Waals surface area contributed by atoms with Crippen LogP contribution in [0.2, 0.25) is 0 Å². The van der Waals surface area contributed by atoms with E-state index in [0.717, 1.165) is 4.88 Å². The molecule has 0 saturated carbocycles. The van der Waals surface area contributed by atoms with Crippen molar-refractivity contribution in [3.63, 3.8) is 0 Å². The van der Waals surface area contributed by atoms with Crippen LogP contribution in [0.1, 0.15) is 29.7 Å². The second-order valence-corrected chi connectivity index (χ2v) is 8.41. The van der Waals surface area contributed by atoms with E-state index in [-0.39, 0.29) is 31.8 Å². The Morgan fingerprint density at radius 2 is 2.06 bits per heavy atom. The lowest BCUT2D eigenvalue weighted by Gasteiger charge is -2.42. The molecule has 2 aromatic rings. The maximum atomic E-state index is 12.5. The molecule has 1 saturated heterocycles. The molecule has 1 aliphatic heterocycles. The number of thiazole rings is 1. The third-order valence-electron chi connectivity index (χ3n) is 5.34. The predicted molar refractivity (Wildman–Crippen MR) is 118 cm³/mol. The Balaban J connectivity index is 1.66. The maximum absolute atomic E-state index is 12.5. The van der Waals surface area contributed by atoms with Crippen molar-refractivity contribution in [2.75, 3.05) is 19.7 Å². The number of rotatable bonds is 11. The van der Waals surface area contributed by atoms with Gasteiger partial charge in [0, 0.05) is 36.1 Å². The van der Waals surface area contributed by atoms with Crippen molar-refractivity contribution in [3.8, 4) is 5.75 Å². The number of hydrogen-bond donors (Lipinski definition) is 4. The summed E-state index contributed by atoms with van der Waals surface area (Å²) < 4.78 is 5.69. The summed E-state index contributed by atoms with van der Waals surface area (Å²) in [5.74, 6) is -2.17. The Labute approximate surface area is 188 Å². The van der Waals surface area contributed by atoms with E-state index < -0.39 is 23.3 Å². The first-order valence-electron chi connectivity index (χ1n) is 10.1. The molecule has 0 radical (unpaired) electrons. The SMILES string of the molecule is N=C(N)c1ccc(OCCCCC(Cc2cncs2)(C(=O)O)N2CCNC(=O)C2=O)cc1. The highest BCUT2D eigenvalue weighted by atomic mass is 32.1. The van der Waals surface area contributed by atoms with Gasteiger partial charge in [-0.1, -0.05) is 0 Å². The molecule has 1 aromatic carbocycles. The van der Waals surface area contributed by atoms with Gasteiger partial charge in [-0.2, -0.15) is 0 Å². The summed E-state index contributed by atoms with van der Waals surface area (Å²) in [5.41, 5.74) is 6.11. The number of unbranched alkanes of at least 4 members (excludes halogenated alkanes) is 1. The first-order valence-corrected chi connectivity index (χ1v) is 11.0. The number of hydrogen-bond acceptors (Lipinski definition) is 7. The molecule has 0 aliphatic carbocycles. The number of nitrogens with zero attached hydrogens (tertiary/aromatic N) is 2. The number of carbonyl (C=O) groups is 3. The van der Waals surface area contributed by atoms with Gasteiger partial charge >= 0.3 is 17.8 Å². The van der Waals surface area contributed by atoms with Crippen molar-refractivity contribution in [1.82, 2.24) is 15.2 Å². The fourth-order valence-electron chi connectivity index (χ4n) is 3.66. The minimum Gasteiger partial charge on any atom is -0.494 e. The van der Waals surface area contributed by atoms with Crippen LogP contribution >= 0.6 is 11.3 Å². The minimum absolute atomic E-state index is 0.0246. The molecule has 170 valence electrons. The second-order valence-electron chi connectivity index (χ2n) is 7.44. The number of amidine groups is 1. The van der Waals surface area contributed by atoms with Crippen molar-refractivity contribution in [3.05, 3.63) is 46.4 Å². The van der Waals surface area contributed by atoms with Crippen LogP contribution in [-0.2, 0) is 20.8 Å². The van der Waals surface area contributed by atoms with Crippen LogP contribution in [0, 0.1) is 5.41 Å². The molecule has 10 nitrogen and oxygen atoms in total. The summed E-state index contributed by atoms with van der Waals surface area (Å²) in [6.45, 7) is 0.695. The van der Waals surface area contributed by atoms with Gasteiger partial charge in [0.15, 0.2) is 0 Å². The normalized spacial score (nSPS) is 15.7. The number of amides is 2. The molecular weight excluding hydrogens is 434 g/mol. The Kier molecular flexibility index (Phi) is 7.41.